The fourth-order valence-corrected chi connectivity index (χ4v) is 1.84. The molecule has 0 nitrogen and oxygen atoms in total. The van der Waals surface area contributed by atoms with Gasteiger partial charge in [0, 0.05) is 0 Å². The van der Waals surface area contributed by atoms with Crippen molar-refractivity contribution in [3.05, 3.63) is 70.8 Å². The average Bonchev–Trinajstić information content (AvgIpc) is 2.47. The first-order valence-corrected chi connectivity index (χ1v) is 5.83. The fourth-order valence-electron chi connectivity index (χ4n) is 1.84. The van der Waals surface area contributed by atoms with Crippen LogP contribution < -0.4 is 0 Å². The van der Waals surface area contributed by atoms with E-state index in [1.165, 1.54) is 22.3 Å². The summed E-state index contributed by atoms with van der Waals surface area (Å²) in [6, 6.07) is 8.80. The first kappa shape index (κ1) is 10.9. The molecule has 0 heterocycles. The molecule has 0 aromatic heterocycles. The molecule has 1 aromatic carbocycles. The molecule has 1 aromatic rings. The number of rotatable bonds is 2. The van der Waals surface area contributed by atoms with Crippen molar-refractivity contribution in [2.24, 2.45) is 0 Å². The van der Waals surface area contributed by atoms with Gasteiger partial charge in [-0.2, -0.15) is 0 Å². The van der Waals surface area contributed by atoms with Crippen LogP contribution in [0.15, 0.2) is 59.7 Å². The molecular weight excluding hydrogens is 192 g/mol. The van der Waals surface area contributed by atoms with Crippen LogP contribution in [0.4, 0.5) is 0 Å². The van der Waals surface area contributed by atoms with E-state index in [9.17, 15) is 0 Å². The molecule has 0 saturated heterocycles. The summed E-state index contributed by atoms with van der Waals surface area (Å²) in [6.45, 7) is 4.28. The quantitative estimate of drug-likeness (QED) is 0.680. The molecule has 0 spiro atoms. The molecule has 0 atom stereocenters. The van der Waals surface area contributed by atoms with Crippen LogP contribution in [0.5, 0.6) is 0 Å². The van der Waals surface area contributed by atoms with E-state index in [-0.39, 0.29) is 0 Å². The van der Waals surface area contributed by atoms with Crippen molar-refractivity contribution in [3.63, 3.8) is 0 Å². The molecule has 1 aliphatic carbocycles. The van der Waals surface area contributed by atoms with Crippen molar-refractivity contribution >= 4 is 0 Å². The van der Waals surface area contributed by atoms with E-state index in [0.29, 0.717) is 0 Å². The Morgan fingerprint density at radius 2 is 1.69 bits per heavy atom. The van der Waals surface area contributed by atoms with Crippen LogP contribution in [0, 0.1) is 6.92 Å². The van der Waals surface area contributed by atoms with E-state index >= 15 is 0 Å². The van der Waals surface area contributed by atoms with Crippen LogP contribution in [0.25, 0.3) is 0 Å². The largest absolute Gasteiger partial charge is 0.0778 e. The zero-order chi connectivity index (χ0) is 11.4. The summed E-state index contributed by atoms with van der Waals surface area (Å²) in [6.07, 6.45) is 11.1. The minimum absolute atomic E-state index is 1.04. The van der Waals surface area contributed by atoms with Gasteiger partial charge in [-0.3, -0.25) is 0 Å². The van der Waals surface area contributed by atoms with Crippen LogP contribution in [0.1, 0.15) is 24.5 Å². The molecule has 0 amide bonds. The highest BCUT2D eigenvalue weighted by molar-refractivity contribution is 5.35. The van der Waals surface area contributed by atoms with Gasteiger partial charge < -0.3 is 0 Å². The maximum atomic E-state index is 2.31. The maximum absolute atomic E-state index is 2.31. The van der Waals surface area contributed by atoms with Gasteiger partial charge in [-0.05, 0) is 37.8 Å². The summed E-state index contributed by atoms with van der Waals surface area (Å²) >= 11 is 0. The molecule has 0 fully saturated rings. The molecule has 0 N–H and O–H groups in total. The standard InChI is InChI=1S/C16H18/c1-13-4-3-5-15(9-6-13)12-16-10-7-14(2)8-11-16/h4-11H,3,12H2,1-2H3. The Morgan fingerprint density at radius 3 is 2.44 bits per heavy atom. The second-order valence-corrected chi connectivity index (χ2v) is 4.46. The lowest BCUT2D eigenvalue weighted by atomic mass is 10.0. The lowest BCUT2D eigenvalue weighted by molar-refractivity contribution is 1.17. The third-order valence-electron chi connectivity index (χ3n) is 2.91. The Morgan fingerprint density at radius 1 is 0.938 bits per heavy atom. The molecule has 82 valence electrons. The number of aryl methyl sites for hydroxylation is 1. The van der Waals surface area contributed by atoms with E-state index in [1.54, 1.807) is 0 Å². The summed E-state index contributed by atoms with van der Waals surface area (Å²) in [5.74, 6) is 0. The van der Waals surface area contributed by atoms with Gasteiger partial charge >= 0.3 is 0 Å². The van der Waals surface area contributed by atoms with E-state index < -0.39 is 0 Å². The normalized spacial score (nSPS) is 15.4. The minimum Gasteiger partial charge on any atom is -0.0778 e. The average molecular weight is 210 g/mol. The van der Waals surface area contributed by atoms with Crippen molar-refractivity contribution in [3.8, 4) is 0 Å². The van der Waals surface area contributed by atoms with Crippen LogP contribution in [0.3, 0.4) is 0 Å². The monoisotopic (exact) mass is 210 g/mol. The highest BCUT2D eigenvalue weighted by Crippen LogP contribution is 2.15. The highest BCUT2D eigenvalue weighted by Gasteiger charge is 1.98. The van der Waals surface area contributed by atoms with Crippen LogP contribution in [-0.4, -0.2) is 0 Å². The minimum atomic E-state index is 1.04. The van der Waals surface area contributed by atoms with E-state index in [0.717, 1.165) is 12.8 Å². The predicted molar refractivity (Wildman–Crippen MR) is 70.5 cm³/mol. The highest BCUT2D eigenvalue weighted by atomic mass is 14.0. The van der Waals surface area contributed by atoms with Crippen LogP contribution in [0.2, 0.25) is 0 Å². The molecule has 2 rings (SSSR count). The Balaban J connectivity index is 2.08. The lowest BCUT2D eigenvalue weighted by Crippen LogP contribution is -1.87. The number of hydrogen-bond acceptors (Lipinski definition) is 0. The van der Waals surface area contributed by atoms with E-state index in [4.69, 9.17) is 0 Å². The molecule has 0 heteroatoms. The third kappa shape index (κ3) is 2.96. The Bertz CT molecular complexity index is 441. The third-order valence-corrected chi connectivity index (χ3v) is 2.91. The van der Waals surface area contributed by atoms with E-state index in [2.05, 4.69) is 62.4 Å². The summed E-state index contributed by atoms with van der Waals surface area (Å²) in [5, 5.41) is 0. The molecule has 0 saturated carbocycles. The molecule has 0 unspecified atom stereocenters. The molecule has 1 aliphatic rings. The van der Waals surface area contributed by atoms with Gasteiger partial charge in [0.05, 0.1) is 0 Å². The number of allylic oxidation sites excluding steroid dienone is 6. The van der Waals surface area contributed by atoms with Gasteiger partial charge in [0.15, 0.2) is 0 Å². The van der Waals surface area contributed by atoms with Gasteiger partial charge in [0.25, 0.3) is 0 Å². The zero-order valence-electron chi connectivity index (χ0n) is 10.0. The van der Waals surface area contributed by atoms with Crippen molar-refractivity contribution < 1.29 is 0 Å². The summed E-state index contributed by atoms with van der Waals surface area (Å²) in [4.78, 5) is 0. The van der Waals surface area contributed by atoms with Gasteiger partial charge in [-0.1, -0.05) is 59.7 Å². The molecule has 0 bridgehead atoms. The fraction of sp³-hybridized carbons (Fsp3) is 0.250. The first-order chi connectivity index (χ1) is 7.74. The summed E-state index contributed by atoms with van der Waals surface area (Å²) in [7, 11) is 0. The maximum Gasteiger partial charge on any atom is -0.00288 e. The summed E-state index contributed by atoms with van der Waals surface area (Å²) < 4.78 is 0. The zero-order valence-corrected chi connectivity index (χ0v) is 10.0. The topological polar surface area (TPSA) is 0 Å². The molecule has 0 radical (unpaired) electrons. The van der Waals surface area contributed by atoms with Crippen molar-refractivity contribution in [1.29, 1.82) is 0 Å². The Kier molecular flexibility index (Phi) is 3.40. The first-order valence-electron chi connectivity index (χ1n) is 5.83. The van der Waals surface area contributed by atoms with E-state index in [1.807, 2.05) is 0 Å². The van der Waals surface area contributed by atoms with Gasteiger partial charge in [0.1, 0.15) is 0 Å². The molecular formula is C16H18. The van der Waals surface area contributed by atoms with Crippen LogP contribution in [-0.2, 0) is 6.42 Å². The Labute approximate surface area is 98.0 Å². The van der Waals surface area contributed by atoms with Crippen LogP contribution >= 0.6 is 0 Å². The smallest absolute Gasteiger partial charge is 0.00288 e. The summed E-state index contributed by atoms with van der Waals surface area (Å²) in [5.41, 5.74) is 5.49. The number of benzene rings is 1. The van der Waals surface area contributed by atoms with Crippen molar-refractivity contribution in [2.75, 3.05) is 0 Å². The van der Waals surface area contributed by atoms with Gasteiger partial charge in [-0.25, -0.2) is 0 Å². The van der Waals surface area contributed by atoms with Gasteiger partial charge in [-0.15, -0.1) is 0 Å². The SMILES string of the molecule is CC1=CCC=C(Cc2ccc(C)cc2)C=C1. The number of hydrogen-bond donors (Lipinski definition) is 0. The molecule has 16 heavy (non-hydrogen) atoms. The lowest BCUT2D eigenvalue weighted by Gasteiger charge is -2.02. The second kappa shape index (κ2) is 4.98. The molecule has 0 aliphatic heterocycles. The predicted octanol–water partition coefficient (Wildman–Crippen LogP) is 4.37. The van der Waals surface area contributed by atoms with Crippen molar-refractivity contribution in [2.45, 2.75) is 26.7 Å². The van der Waals surface area contributed by atoms with Gasteiger partial charge in [0.2, 0.25) is 0 Å². The van der Waals surface area contributed by atoms with Crippen molar-refractivity contribution in [1.82, 2.24) is 0 Å². The second-order valence-electron chi connectivity index (χ2n) is 4.46. The Hall–Kier alpha value is -1.56.